The summed E-state index contributed by atoms with van der Waals surface area (Å²) in [5.74, 6) is -0.0745. The molecular formula is C10H23N3O. The standard InChI is InChI=1S/C10H23N3O/c1-10(2,3)8(12)9(14)13-7-5-4-6-11/h8H,4-7,11-12H2,1-3H3,(H,13,14). The van der Waals surface area contributed by atoms with Crippen molar-refractivity contribution in [3.8, 4) is 0 Å². The Morgan fingerprint density at radius 2 is 1.93 bits per heavy atom. The van der Waals surface area contributed by atoms with E-state index in [0.29, 0.717) is 13.1 Å². The largest absolute Gasteiger partial charge is 0.355 e. The van der Waals surface area contributed by atoms with E-state index in [1.807, 2.05) is 20.8 Å². The summed E-state index contributed by atoms with van der Waals surface area (Å²) >= 11 is 0. The fourth-order valence-electron chi connectivity index (χ4n) is 0.984. The van der Waals surface area contributed by atoms with Crippen LogP contribution in [0.15, 0.2) is 0 Å². The van der Waals surface area contributed by atoms with Gasteiger partial charge < -0.3 is 16.8 Å². The lowest BCUT2D eigenvalue weighted by molar-refractivity contribution is -0.124. The molecule has 0 radical (unpaired) electrons. The third-order valence-electron chi connectivity index (χ3n) is 2.15. The van der Waals surface area contributed by atoms with Gasteiger partial charge >= 0.3 is 0 Å². The summed E-state index contributed by atoms with van der Waals surface area (Å²) in [6, 6.07) is -0.444. The summed E-state index contributed by atoms with van der Waals surface area (Å²) < 4.78 is 0. The minimum atomic E-state index is -0.444. The van der Waals surface area contributed by atoms with Gasteiger partial charge in [0.25, 0.3) is 0 Å². The average molecular weight is 201 g/mol. The highest BCUT2D eigenvalue weighted by Gasteiger charge is 2.26. The second-order valence-electron chi connectivity index (χ2n) is 4.63. The minimum Gasteiger partial charge on any atom is -0.355 e. The lowest BCUT2D eigenvalue weighted by atomic mass is 9.87. The smallest absolute Gasteiger partial charge is 0.237 e. The molecule has 0 fully saturated rings. The van der Waals surface area contributed by atoms with Crippen LogP contribution in [0.25, 0.3) is 0 Å². The van der Waals surface area contributed by atoms with E-state index in [-0.39, 0.29) is 11.3 Å². The molecule has 0 spiro atoms. The molecule has 4 heteroatoms. The SMILES string of the molecule is CC(C)(C)C(N)C(=O)NCCCCN. The molecule has 0 aliphatic rings. The van der Waals surface area contributed by atoms with Crippen molar-refractivity contribution >= 4 is 5.91 Å². The van der Waals surface area contributed by atoms with Crippen molar-refractivity contribution in [3.05, 3.63) is 0 Å². The second-order valence-corrected chi connectivity index (χ2v) is 4.63. The fraction of sp³-hybridized carbons (Fsp3) is 0.900. The van der Waals surface area contributed by atoms with Gasteiger partial charge in [0.1, 0.15) is 0 Å². The molecule has 0 saturated heterocycles. The van der Waals surface area contributed by atoms with Gasteiger partial charge in [-0.1, -0.05) is 20.8 Å². The Balaban J connectivity index is 3.74. The summed E-state index contributed by atoms with van der Waals surface area (Å²) in [4.78, 5) is 11.5. The van der Waals surface area contributed by atoms with Gasteiger partial charge in [0.2, 0.25) is 5.91 Å². The third kappa shape index (κ3) is 5.19. The number of nitrogens with two attached hydrogens (primary N) is 2. The predicted molar refractivity (Wildman–Crippen MR) is 58.7 cm³/mol. The zero-order chi connectivity index (χ0) is 11.2. The first-order chi connectivity index (χ1) is 6.39. The van der Waals surface area contributed by atoms with E-state index in [0.717, 1.165) is 12.8 Å². The van der Waals surface area contributed by atoms with E-state index in [1.165, 1.54) is 0 Å². The molecule has 84 valence electrons. The van der Waals surface area contributed by atoms with Gasteiger partial charge in [0.15, 0.2) is 0 Å². The van der Waals surface area contributed by atoms with Gasteiger partial charge in [-0.3, -0.25) is 4.79 Å². The van der Waals surface area contributed by atoms with Crippen molar-refractivity contribution in [2.45, 2.75) is 39.7 Å². The van der Waals surface area contributed by atoms with E-state index in [4.69, 9.17) is 11.5 Å². The molecule has 1 atom stereocenters. The highest BCUT2D eigenvalue weighted by Crippen LogP contribution is 2.16. The van der Waals surface area contributed by atoms with Gasteiger partial charge in [0.05, 0.1) is 6.04 Å². The molecule has 5 N–H and O–H groups in total. The first-order valence-corrected chi connectivity index (χ1v) is 5.13. The van der Waals surface area contributed by atoms with Crippen LogP contribution in [-0.2, 0) is 4.79 Å². The first-order valence-electron chi connectivity index (χ1n) is 5.13. The first kappa shape index (κ1) is 13.4. The third-order valence-corrected chi connectivity index (χ3v) is 2.15. The Morgan fingerprint density at radius 3 is 2.36 bits per heavy atom. The Hall–Kier alpha value is -0.610. The Labute approximate surface area is 86.4 Å². The number of amides is 1. The topological polar surface area (TPSA) is 81.1 Å². The van der Waals surface area contributed by atoms with Gasteiger partial charge in [-0.2, -0.15) is 0 Å². The van der Waals surface area contributed by atoms with Crippen molar-refractivity contribution in [3.63, 3.8) is 0 Å². The molecule has 1 unspecified atom stereocenters. The quantitative estimate of drug-likeness (QED) is 0.556. The highest BCUT2D eigenvalue weighted by atomic mass is 16.2. The lowest BCUT2D eigenvalue weighted by Crippen LogP contribution is -2.48. The number of carbonyl (C=O) groups is 1. The van der Waals surface area contributed by atoms with Crippen molar-refractivity contribution in [2.24, 2.45) is 16.9 Å². The molecule has 0 saturated carbocycles. The molecule has 0 aromatic rings. The van der Waals surface area contributed by atoms with E-state index in [2.05, 4.69) is 5.32 Å². The number of rotatable bonds is 5. The number of unbranched alkanes of at least 4 members (excludes halogenated alkanes) is 1. The average Bonchev–Trinajstić information content (AvgIpc) is 2.09. The Bertz CT molecular complexity index is 175. The lowest BCUT2D eigenvalue weighted by Gasteiger charge is -2.25. The molecule has 0 bridgehead atoms. The number of carbonyl (C=O) groups excluding carboxylic acids is 1. The summed E-state index contributed by atoms with van der Waals surface area (Å²) in [6.45, 7) is 7.20. The van der Waals surface area contributed by atoms with Crippen LogP contribution in [0, 0.1) is 5.41 Å². The van der Waals surface area contributed by atoms with E-state index < -0.39 is 6.04 Å². The van der Waals surface area contributed by atoms with Gasteiger partial charge in [-0.15, -0.1) is 0 Å². The zero-order valence-electron chi connectivity index (χ0n) is 9.47. The summed E-state index contributed by atoms with van der Waals surface area (Å²) in [6.07, 6.45) is 1.85. The molecule has 0 aliphatic carbocycles. The number of nitrogens with one attached hydrogen (secondary N) is 1. The summed E-state index contributed by atoms with van der Waals surface area (Å²) in [5, 5.41) is 2.80. The van der Waals surface area contributed by atoms with Crippen LogP contribution in [0.1, 0.15) is 33.6 Å². The van der Waals surface area contributed by atoms with Crippen LogP contribution >= 0.6 is 0 Å². The molecular weight excluding hydrogens is 178 g/mol. The molecule has 1 amide bonds. The van der Waals surface area contributed by atoms with Crippen molar-refractivity contribution in [2.75, 3.05) is 13.1 Å². The van der Waals surface area contributed by atoms with E-state index in [9.17, 15) is 4.79 Å². The van der Waals surface area contributed by atoms with Crippen LogP contribution in [0.5, 0.6) is 0 Å². The number of hydrogen-bond donors (Lipinski definition) is 3. The van der Waals surface area contributed by atoms with Gasteiger partial charge in [0, 0.05) is 6.54 Å². The maximum atomic E-state index is 11.5. The fourth-order valence-corrected chi connectivity index (χ4v) is 0.984. The normalized spacial score (nSPS) is 13.8. The van der Waals surface area contributed by atoms with Crippen LogP contribution in [0.3, 0.4) is 0 Å². The Morgan fingerprint density at radius 1 is 1.36 bits per heavy atom. The van der Waals surface area contributed by atoms with Crippen LogP contribution < -0.4 is 16.8 Å². The molecule has 14 heavy (non-hydrogen) atoms. The van der Waals surface area contributed by atoms with Crippen molar-refractivity contribution in [1.29, 1.82) is 0 Å². The maximum Gasteiger partial charge on any atom is 0.237 e. The number of hydrogen-bond acceptors (Lipinski definition) is 3. The molecule has 0 aliphatic heterocycles. The van der Waals surface area contributed by atoms with Gasteiger partial charge in [-0.05, 0) is 24.8 Å². The molecule has 0 aromatic carbocycles. The maximum absolute atomic E-state index is 11.5. The van der Waals surface area contributed by atoms with Crippen LogP contribution in [-0.4, -0.2) is 25.0 Å². The summed E-state index contributed by atoms with van der Waals surface area (Å²) in [5.41, 5.74) is 10.9. The second kappa shape index (κ2) is 5.98. The monoisotopic (exact) mass is 201 g/mol. The zero-order valence-corrected chi connectivity index (χ0v) is 9.47. The van der Waals surface area contributed by atoms with Gasteiger partial charge in [-0.25, -0.2) is 0 Å². The van der Waals surface area contributed by atoms with Crippen molar-refractivity contribution < 1.29 is 4.79 Å². The van der Waals surface area contributed by atoms with Crippen molar-refractivity contribution in [1.82, 2.24) is 5.32 Å². The molecule has 0 heterocycles. The van der Waals surface area contributed by atoms with Crippen LogP contribution in [0.2, 0.25) is 0 Å². The van der Waals surface area contributed by atoms with E-state index >= 15 is 0 Å². The van der Waals surface area contributed by atoms with Crippen LogP contribution in [0.4, 0.5) is 0 Å². The molecule has 0 rings (SSSR count). The molecule has 0 aromatic heterocycles. The van der Waals surface area contributed by atoms with E-state index in [1.54, 1.807) is 0 Å². The highest BCUT2D eigenvalue weighted by molar-refractivity contribution is 5.82. The summed E-state index contributed by atoms with van der Waals surface area (Å²) in [7, 11) is 0. The minimum absolute atomic E-state index is 0.0745. The Kier molecular flexibility index (Phi) is 5.72. The predicted octanol–water partition coefficient (Wildman–Crippen LogP) is 0.215. The molecule has 4 nitrogen and oxygen atoms in total.